The number of furan rings is 1. The molecule has 29 heavy (non-hydrogen) atoms. The third-order valence-corrected chi connectivity index (χ3v) is 4.51. The summed E-state index contributed by atoms with van der Waals surface area (Å²) in [6.07, 6.45) is 1.51. The SMILES string of the molecule is Cc1ccc(C2=NC(=Cc3ccc(-c4ccc([N+](=O)[O-])cc4C)o3)C(=O)O2)cc1. The number of hydrogen-bond donors (Lipinski definition) is 0. The smallest absolute Gasteiger partial charge is 0.363 e. The summed E-state index contributed by atoms with van der Waals surface area (Å²) in [5.74, 6) is 0.668. The van der Waals surface area contributed by atoms with Gasteiger partial charge in [0.15, 0.2) is 5.70 Å². The third kappa shape index (κ3) is 3.70. The standard InChI is InChI=1S/C22H16N2O5/c1-13-3-5-15(6-4-13)21-23-19(22(25)29-21)12-17-8-10-20(28-17)18-9-7-16(24(26)27)11-14(18)2/h3-12H,1-2H3. The van der Waals surface area contributed by atoms with Crippen molar-refractivity contribution in [3.63, 3.8) is 0 Å². The largest absolute Gasteiger partial charge is 0.457 e. The van der Waals surface area contributed by atoms with Crippen LogP contribution < -0.4 is 0 Å². The van der Waals surface area contributed by atoms with Crippen molar-refractivity contribution < 1.29 is 18.9 Å². The first-order chi connectivity index (χ1) is 13.9. The third-order valence-electron chi connectivity index (χ3n) is 4.51. The number of nitro groups is 1. The Morgan fingerprint density at radius 3 is 2.48 bits per heavy atom. The number of ether oxygens (including phenoxy) is 1. The van der Waals surface area contributed by atoms with Crippen LogP contribution in [0, 0.1) is 24.0 Å². The minimum absolute atomic E-state index is 0.0202. The van der Waals surface area contributed by atoms with E-state index in [-0.39, 0.29) is 17.3 Å². The fraction of sp³-hybridized carbons (Fsp3) is 0.0909. The molecule has 144 valence electrons. The molecule has 0 amide bonds. The summed E-state index contributed by atoms with van der Waals surface area (Å²) in [4.78, 5) is 26.9. The van der Waals surface area contributed by atoms with Crippen LogP contribution in [0.2, 0.25) is 0 Å². The van der Waals surface area contributed by atoms with Crippen molar-refractivity contribution in [2.24, 2.45) is 4.99 Å². The summed E-state index contributed by atoms with van der Waals surface area (Å²) >= 11 is 0. The maximum absolute atomic E-state index is 12.2. The molecule has 0 saturated carbocycles. The average molecular weight is 388 g/mol. The van der Waals surface area contributed by atoms with Crippen molar-refractivity contribution in [1.82, 2.24) is 0 Å². The van der Waals surface area contributed by atoms with Crippen LogP contribution in [0.3, 0.4) is 0 Å². The lowest BCUT2D eigenvalue weighted by molar-refractivity contribution is -0.384. The van der Waals surface area contributed by atoms with Crippen molar-refractivity contribution in [2.45, 2.75) is 13.8 Å². The van der Waals surface area contributed by atoms with Gasteiger partial charge in [0.1, 0.15) is 11.5 Å². The van der Waals surface area contributed by atoms with E-state index in [0.717, 1.165) is 11.1 Å². The average Bonchev–Trinajstić information content (AvgIpc) is 3.29. The van der Waals surface area contributed by atoms with Crippen LogP contribution >= 0.6 is 0 Å². The minimum atomic E-state index is -0.551. The van der Waals surface area contributed by atoms with Crippen LogP contribution in [-0.4, -0.2) is 16.8 Å². The highest BCUT2D eigenvalue weighted by Gasteiger charge is 2.24. The summed E-state index contributed by atoms with van der Waals surface area (Å²) in [5, 5.41) is 10.9. The second-order valence-corrected chi connectivity index (χ2v) is 6.66. The fourth-order valence-electron chi connectivity index (χ4n) is 2.98. The molecule has 4 rings (SSSR count). The van der Waals surface area contributed by atoms with E-state index < -0.39 is 10.9 Å². The number of benzene rings is 2. The molecule has 0 radical (unpaired) electrons. The number of carbonyl (C=O) groups is 1. The molecule has 0 bridgehead atoms. The molecule has 1 aliphatic rings. The molecule has 2 heterocycles. The predicted octanol–water partition coefficient (Wildman–Crippen LogP) is 4.82. The molecule has 0 unspecified atom stereocenters. The summed E-state index contributed by atoms with van der Waals surface area (Å²) in [6.45, 7) is 3.74. The number of cyclic esters (lactones) is 1. The van der Waals surface area contributed by atoms with Gasteiger partial charge in [-0.2, -0.15) is 0 Å². The summed E-state index contributed by atoms with van der Waals surface area (Å²) in [7, 11) is 0. The number of esters is 1. The van der Waals surface area contributed by atoms with Gasteiger partial charge in [-0.15, -0.1) is 0 Å². The lowest BCUT2D eigenvalue weighted by Gasteiger charge is -2.02. The van der Waals surface area contributed by atoms with E-state index in [1.54, 1.807) is 25.1 Å². The van der Waals surface area contributed by atoms with Gasteiger partial charge < -0.3 is 9.15 Å². The quantitative estimate of drug-likeness (QED) is 0.276. The van der Waals surface area contributed by atoms with Crippen molar-refractivity contribution >= 4 is 23.6 Å². The molecular formula is C22H16N2O5. The van der Waals surface area contributed by atoms with Crippen molar-refractivity contribution in [2.75, 3.05) is 0 Å². The van der Waals surface area contributed by atoms with Crippen LogP contribution in [0.1, 0.15) is 22.5 Å². The lowest BCUT2D eigenvalue weighted by atomic mass is 10.1. The molecule has 2 aromatic carbocycles. The first-order valence-electron chi connectivity index (χ1n) is 8.85. The molecule has 7 nitrogen and oxygen atoms in total. The van der Waals surface area contributed by atoms with E-state index in [9.17, 15) is 14.9 Å². The molecule has 3 aromatic rings. The molecule has 0 N–H and O–H groups in total. The number of nitro benzene ring substituents is 1. The van der Waals surface area contributed by atoms with E-state index in [1.165, 1.54) is 18.2 Å². The van der Waals surface area contributed by atoms with Gasteiger partial charge in [-0.1, -0.05) is 17.7 Å². The van der Waals surface area contributed by atoms with Gasteiger partial charge in [-0.3, -0.25) is 10.1 Å². The van der Waals surface area contributed by atoms with Gasteiger partial charge in [0.05, 0.1) is 4.92 Å². The Labute approximate surface area is 166 Å². The lowest BCUT2D eigenvalue weighted by Crippen LogP contribution is -2.05. The predicted molar refractivity (Wildman–Crippen MR) is 107 cm³/mol. The Kier molecular flexibility index (Phi) is 4.56. The van der Waals surface area contributed by atoms with E-state index in [0.29, 0.717) is 22.6 Å². The van der Waals surface area contributed by atoms with Crippen molar-refractivity contribution in [3.05, 3.63) is 92.9 Å². The summed E-state index contributed by atoms with van der Waals surface area (Å²) in [5.41, 5.74) is 3.42. The summed E-state index contributed by atoms with van der Waals surface area (Å²) in [6, 6.07) is 15.5. The Bertz CT molecular complexity index is 1190. The Balaban J connectivity index is 1.61. The Morgan fingerprint density at radius 1 is 1.03 bits per heavy atom. The molecule has 0 saturated heterocycles. The molecule has 0 aliphatic carbocycles. The fourth-order valence-corrected chi connectivity index (χ4v) is 2.98. The maximum Gasteiger partial charge on any atom is 0.363 e. The Morgan fingerprint density at radius 2 is 1.79 bits per heavy atom. The van der Waals surface area contributed by atoms with Gasteiger partial charge in [0.25, 0.3) is 5.69 Å². The number of hydrogen-bond acceptors (Lipinski definition) is 6. The van der Waals surface area contributed by atoms with E-state index in [1.807, 2.05) is 31.2 Å². The maximum atomic E-state index is 12.2. The second kappa shape index (κ2) is 7.20. The molecule has 1 aliphatic heterocycles. The Hall–Kier alpha value is -4.00. The van der Waals surface area contributed by atoms with E-state index in [4.69, 9.17) is 9.15 Å². The molecule has 7 heteroatoms. The molecule has 0 spiro atoms. The zero-order valence-electron chi connectivity index (χ0n) is 15.7. The van der Waals surface area contributed by atoms with Crippen molar-refractivity contribution in [3.8, 4) is 11.3 Å². The number of carbonyl (C=O) groups excluding carboxylic acids is 1. The highest BCUT2D eigenvalue weighted by atomic mass is 16.6. The summed E-state index contributed by atoms with van der Waals surface area (Å²) < 4.78 is 11.1. The number of aryl methyl sites for hydroxylation is 2. The number of non-ortho nitro benzene ring substituents is 1. The van der Waals surface area contributed by atoms with Gasteiger partial charge in [0, 0.05) is 29.3 Å². The first-order valence-corrected chi connectivity index (χ1v) is 8.85. The first kappa shape index (κ1) is 18.4. The van der Waals surface area contributed by atoms with Crippen LogP contribution in [0.5, 0.6) is 0 Å². The zero-order valence-corrected chi connectivity index (χ0v) is 15.7. The second-order valence-electron chi connectivity index (χ2n) is 6.66. The monoisotopic (exact) mass is 388 g/mol. The normalized spacial score (nSPS) is 14.8. The van der Waals surface area contributed by atoms with Gasteiger partial charge in [0.2, 0.25) is 5.90 Å². The van der Waals surface area contributed by atoms with Gasteiger partial charge >= 0.3 is 5.97 Å². The number of nitrogens with zero attached hydrogens (tertiary/aromatic N) is 2. The van der Waals surface area contributed by atoms with Gasteiger partial charge in [-0.25, -0.2) is 9.79 Å². The van der Waals surface area contributed by atoms with Crippen molar-refractivity contribution in [1.29, 1.82) is 0 Å². The van der Waals surface area contributed by atoms with Crippen LogP contribution in [0.25, 0.3) is 17.4 Å². The molecular weight excluding hydrogens is 372 g/mol. The number of aliphatic imine (C=N–C) groups is 1. The highest BCUT2D eigenvalue weighted by Crippen LogP contribution is 2.29. The highest BCUT2D eigenvalue weighted by molar-refractivity contribution is 6.12. The molecule has 0 atom stereocenters. The minimum Gasteiger partial charge on any atom is -0.457 e. The van der Waals surface area contributed by atoms with E-state index >= 15 is 0 Å². The molecule has 0 fully saturated rings. The van der Waals surface area contributed by atoms with Crippen LogP contribution in [0.4, 0.5) is 5.69 Å². The van der Waals surface area contributed by atoms with E-state index in [2.05, 4.69) is 4.99 Å². The van der Waals surface area contributed by atoms with Crippen LogP contribution in [0.15, 0.2) is 69.7 Å². The van der Waals surface area contributed by atoms with Crippen LogP contribution in [-0.2, 0) is 9.53 Å². The number of rotatable bonds is 4. The van der Waals surface area contributed by atoms with Gasteiger partial charge in [-0.05, 0) is 49.7 Å². The molecule has 1 aromatic heterocycles. The zero-order chi connectivity index (χ0) is 20.5. The topological polar surface area (TPSA) is 94.9 Å².